The van der Waals surface area contributed by atoms with Crippen LogP contribution >= 0.6 is 23.8 Å². The molecule has 0 heterocycles. The molecule has 0 saturated heterocycles. The SMILES string of the molecule is Fc1ccc(NC(=S)NCCCOC2CCCCC2)cc1Cl. The molecule has 2 rings (SSSR count). The summed E-state index contributed by atoms with van der Waals surface area (Å²) in [5.74, 6) is -0.439. The molecular formula is C16H22ClFN2OS. The monoisotopic (exact) mass is 344 g/mol. The summed E-state index contributed by atoms with van der Waals surface area (Å²) < 4.78 is 18.9. The van der Waals surface area contributed by atoms with Crippen LogP contribution in [0.4, 0.5) is 10.1 Å². The Morgan fingerprint density at radius 1 is 1.32 bits per heavy atom. The molecule has 0 radical (unpaired) electrons. The van der Waals surface area contributed by atoms with Gasteiger partial charge in [0.2, 0.25) is 0 Å². The summed E-state index contributed by atoms with van der Waals surface area (Å²) in [4.78, 5) is 0. The third-order valence-corrected chi connectivity index (χ3v) is 4.23. The van der Waals surface area contributed by atoms with E-state index in [1.807, 2.05) is 0 Å². The summed E-state index contributed by atoms with van der Waals surface area (Å²) in [5.41, 5.74) is 0.669. The Balaban J connectivity index is 1.58. The van der Waals surface area contributed by atoms with E-state index in [1.54, 1.807) is 6.07 Å². The summed E-state index contributed by atoms with van der Waals surface area (Å²) in [7, 11) is 0. The first kappa shape index (κ1) is 17.4. The molecule has 0 aromatic heterocycles. The standard InChI is InChI=1S/C16H22ClFN2OS/c17-14-11-12(7-8-15(14)18)20-16(22)19-9-4-10-21-13-5-2-1-3-6-13/h7-8,11,13H,1-6,9-10H2,(H2,19,20,22). The second-order valence-corrected chi connectivity index (χ2v) is 6.31. The van der Waals surface area contributed by atoms with Gasteiger partial charge >= 0.3 is 0 Å². The fourth-order valence-corrected chi connectivity index (χ4v) is 2.91. The molecule has 1 aromatic carbocycles. The molecule has 0 bridgehead atoms. The van der Waals surface area contributed by atoms with E-state index in [4.69, 9.17) is 28.6 Å². The van der Waals surface area contributed by atoms with E-state index in [-0.39, 0.29) is 5.02 Å². The van der Waals surface area contributed by atoms with Gasteiger partial charge in [-0.2, -0.15) is 0 Å². The molecule has 1 aliphatic carbocycles. The number of hydrogen-bond acceptors (Lipinski definition) is 2. The van der Waals surface area contributed by atoms with Crippen LogP contribution in [0, 0.1) is 5.82 Å². The number of hydrogen-bond donors (Lipinski definition) is 2. The van der Waals surface area contributed by atoms with Crippen LogP contribution in [0.2, 0.25) is 5.02 Å². The molecule has 1 fully saturated rings. The highest BCUT2D eigenvalue weighted by atomic mass is 35.5. The summed E-state index contributed by atoms with van der Waals surface area (Å²) in [6.07, 6.45) is 7.66. The van der Waals surface area contributed by atoms with Crippen LogP contribution < -0.4 is 10.6 Å². The topological polar surface area (TPSA) is 33.3 Å². The fraction of sp³-hybridized carbons (Fsp3) is 0.562. The van der Waals surface area contributed by atoms with Gasteiger partial charge < -0.3 is 15.4 Å². The Morgan fingerprint density at radius 2 is 2.09 bits per heavy atom. The minimum atomic E-state index is -0.439. The van der Waals surface area contributed by atoms with Crippen LogP contribution in [-0.2, 0) is 4.74 Å². The van der Waals surface area contributed by atoms with Crippen molar-refractivity contribution in [1.82, 2.24) is 5.32 Å². The van der Waals surface area contributed by atoms with Gasteiger partial charge in [-0.05, 0) is 49.7 Å². The van der Waals surface area contributed by atoms with Crippen molar-refractivity contribution in [2.45, 2.75) is 44.6 Å². The minimum Gasteiger partial charge on any atom is -0.378 e. The molecule has 1 aliphatic rings. The lowest BCUT2D eigenvalue weighted by Crippen LogP contribution is -2.30. The zero-order valence-electron chi connectivity index (χ0n) is 12.5. The molecule has 22 heavy (non-hydrogen) atoms. The van der Waals surface area contributed by atoms with Crippen LogP contribution in [0.3, 0.4) is 0 Å². The maximum atomic E-state index is 13.1. The van der Waals surface area contributed by atoms with Crippen molar-refractivity contribution in [3.63, 3.8) is 0 Å². The first-order chi connectivity index (χ1) is 10.6. The first-order valence-electron chi connectivity index (χ1n) is 7.76. The van der Waals surface area contributed by atoms with E-state index < -0.39 is 5.82 Å². The second kappa shape index (κ2) is 9.28. The zero-order valence-corrected chi connectivity index (χ0v) is 14.1. The molecule has 0 aliphatic heterocycles. The van der Waals surface area contributed by atoms with Gasteiger partial charge in [0, 0.05) is 18.8 Å². The summed E-state index contributed by atoms with van der Waals surface area (Å²) >= 11 is 10.9. The molecule has 1 saturated carbocycles. The molecule has 122 valence electrons. The number of halogens is 2. The number of rotatable bonds is 6. The summed E-state index contributed by atoms with van der Waals surface area (Å²) in [6, 6.07) is 4.42. The van der Waals surface area contributed by atoms with E-state index in [0.29, 0.717) is 16.9 Å². The Labute approximate surface area is 141 Å². The summed E-state index contributed by atoms with van der Waals surface area (Å²) in [6.45, 7) is 1.50. The Bertz CT molecular complexity index is 495. The van der Waals surface area contributed by atoms with Crippen molar-refractivity contribution >= 4 is 34.6 Å². The molecule has 2 N–H and O–H groups in total. The number of ether oxygens (including phenoxy) is 1. The maximum absolute atomic E-state index is 13.1. The highest BCUT2D eigenvalue weighted by molar-refractivity contribution is 7.80. The molecular weight excluding hydrogens is 323 g/mol. The van der Waals surface area contributed by atoms with Gasteiger partial charge in [-0.1, -0.05) is 30.9 Å². The predicted molar refractivity (Wildman–Crippen MR) is 93.1 cm³/mol. The molecule has 1 aromatic rings. The Hall–Kier alpha value is -0.910. The van der Waals surface area contributed by atoms with Crippen molar-refractivity contribution in [3.05, 3.63) is 29.0 Å². The van der Waals surface area contributed by atoms with E-state index in [0.717, 1.165) is 19.6 Å². The Morgan fingerprint density at radius 3 is 2.82 bits per heavy atom. The van der Waals surface area contributed by atoms with Crippen molar-refractivity contribution in [2.24, 2.45) is 0 Å². The van der Waals surface area contributed by atoms with Crippen LogP contribution in [0.25, 0.3) is 0 Å². The molecule has 3 nitrogen and oxygen atoms in total. The van der Waals surface area contributed by atoms with Gasteiger partial charge in [0.1, 0.15) is 5.82 Å². The van der Waals surface area contributed by atoms with Crippen LogP contribution in [0.1, 0.15) is 38.5 Å². The highest BCUT2D eigenvalue weighted by Gasteiger charge is 2.12. The van der Waals surface area contributed by atoms with Crippen LogP contribution in [0.5, 0.6) is 0 Å². The second-order valence-electron chi connectivity index (χ2n) is 5.49. The largest absolute Gasteiger partial charge is 0.378 e. The van der Waals surface area contributed by atoms with E-state index in [9.17, 15) is 4.39 Å². The van der Waals surface area contributed by atoms with Crippen molar-refractivity contribution < 1.29 is 9.13 Å². The van der Waals surface area contributed by atoms with Gasteiger partial charge in [0.25, 0.3) is 0 Å². The summed E-state index contributed by atoms with van der Waals surface area (Å²) in [5, 5.41) is 6.66. The molecule has 6 heteroatoms. The van der Waals surface area contributed by atoms with Crippen molar-refractivity contribution in [2.75, 3.05) is 18.5 Å². The van der Waals surface area contributed by atoms with Crippen LogP contribution in [-0.4, -0.2) is 24.4 Å². The van der Waals surface area contributed by atoms with E-state index >= 15 is 0 Å². The number of anilines is 1. The lowest BCUT2D eigenvalue weighted by atomic mass is 9.98. The Kier molecular flexibility index (Phi) is 7.36. The van der Waals surface area contributed by atoms with E-state index in [2.05, 4.69) is 10.6 Å². The van der Waals surface area contributed by atoms with Crippen molar-refractivity contribution in [3.8, 4) is 0 Å². The third-order valence-electron chi connectivity index (χ3n) is 3.69. The average Bonchev–Trinajstić information content (AvgIpc) is 2.52. The molecule has 0 spiro atoms. The number of benzene rings is 1. The fourth-order valence-electron chi connectivity index (χ4n) is 2.51. The average molecular weight is 345 g/mol. The maximum Gasteiger partial charge on any atom is 0.170 e. The lowest BCUT2D eigenvalue weighted by molar-refractivity contribution is 0.0277. The molecule has 0 unspecified atom stereocenters. The number of nitrogens with one attached hydrogen (secondary N) is 2. The zero-order chi connectivity index (χ0) is 15.8. The highest BCUT2D eigenvalue weighted by Crippen LogP contribution is 2.20. The first-order valence-corrected chi connectivity index (χ1v) is 8.55. The van der Waals surface area contributed by atoms with Gasteiger partial charge in [0.15, 0.2) is 5.11 Å². The third kappa shape index (κ3) is 6.07. The van der Waals surface area contributed by atoms with Gasteiger partial charge in [-0.15, -0.1) is 0 Å². The van der Waals surface area contributed by atoms with E-state index in [1.165, 1.54) is 44.2 Å². The van der Waals surface area contributed by atoms with Gasteiger partial charge in [0.05, 0.1) is 11.1 Å². The molecule has 0 amide bonds. The lowest BCUT2D eigenvalue weighted by Gasteiger charge is -2.22. The normalized spacial score (nSPS) is 15.5. The van der Waals surface area contributed by atoms with Gasteiger partial charge in [-0.25, -0.2) is 4.39 Å². The smallest absolute Gasteiger partial charge is 0.170 e. The quantitative estimate of drug-likeness (QED) is 0.588. The minimum absolute atomic E-state index is 0.0775. The molecule has 0 atom stereocenters. The number of thiocarbonyl (C=S) groups is 1. The van der Waals surface area contributed by atoms with Crippen LogP contribution in [0.15, 0.2) is 18.2 Å². The predicted octanol–water partition coefficient (Wildman–Crippen LogP) is 4.50. The van der Waals surface area contributed by atoms with Gasteiger partial charge in [-0.3, -0.25) is 0 Å². The van der Waals surface area contributed by atoms with Crippen molar-refractivity contribution in [1.29, 1.82) is 0 Å².